The van der Waals surface area contributed by atoms with Crippen LogP contribution in [0.5, 0.6) is 0 Å². The lowest BCUT2D eigenvalue weighted by Gasteiger charge is -2.04. The summed E-state index contributed by atoms with van der Waals surface area (Å²) in [6.07, 6.45) is 0. The Labute approximate surface area is 67.6 Å². The van der Waals surface area contributed by atoms with Crippen LogP contribution in [0.25, 0.3) is 0 Å². The van der Waals surface area contributed by atoms with Gasteiger partial charge in [0.1, 0.15) is 11.6 Å². The van der Waals surface area contributed by atoms with Crippen molar-refractivity contribution < 1.29 is 18.8 Å². The van der Waals surface area contributed by atoms with Gasteiger partial charge in [-0.25, -0.2) is 8.78 Å². The molecule has 0 aromatic heterocycles. The number of anilines is 1. The summed E-state index contributed by atoms with van der Waals surface area (Å²) < 4.78 is 25.1. The van der Waals surface area contributed by atoms with Crippen molar-refractivity contribution in [2.45, 2.75) is 0 Å². The monoisotopic (exact) mass is 173 g/mol. The van der Waals surface area contributed by atoms with Crippen LogP contribution in [0.1, 0.15) is 0 Å². The van der Waals surface area contributed by atoms with Crippen LogP contribution in [-0.2, 0) is 0 Å². The van der Waals surface area contributed by atoms with E-state index in [1.54, 1.807) is 0 Å². The number of hydrogen-bond donors (Lipinski definition) is 3. The van der Waals surface area contributed by atoms with Gasteiger partial charge in [0.05, 0.1) is 5.69 Å². The van der Waals surface area contributed by atoms with Gasteiger partial charge in [-0.1, -0.05) is 0 Å². The molecule has 0 aliphatic heterocycles. The van der Waals surface area contributed by atoms with Crippen LogP contribution in [0.3, 0.4) is 0 Å². The van der Waals surface area contributed by atoms with Crippen molar-refractivity contribution in [2.24, 2.45) is 0 Å². The molecule has 4 N–H and O–H groups in total. The molecule has 1 aromatic carbocycles. The third-order valence-corrected chi connectivity index (χ3v) is 1.40. The molecule has 6 heteroatoms. The maximum Gasteiger partial charge on any atom is 0.490 e. The zero-order chi connectivity index (χ0) is 9.30. The van der Waals surface area contributed by atoms with Gasteiger partial charge in [0.25, 0.3) is 0 Å². The minimum Gasteiger partial charge on any atom is -0.423 e. The van der Waals surface area contributed by atoms with Crippen molar-refractivity contribution in [3.8, 4) is 0 Å². The van der Waals surface area contributed by atoms with Crippen LogP contribution in [-0.4, -0.2) is 17.2 Å². The lowest BCUT2D eigenvalue weighted by Crippen LogP contribution is -2.33. The molecule has 1 aromatic rings. The molecule has 0 saturated carbocycles. The van der Waals surface area contributed by atoms with Crippen molar-refractivity contribution in [1.82, 2.24) is 0 Å². The molecule has 0 spiro atoms. The second-order valence-corrected chi connectivity index (χ2v) is 2.26. The topological polar surface area (TPSA) is 66.5 Å². The van der Waals surface area contributed by atoms with Gasteiger partial charge < -0.3 is 15.8 Å². The molecule has 3 nitrogen and oxygen atoms in total. The van der Waals surface area contributed by atoms with Crippen molar-refractivity contribution >= 4 is 18.3 Å². The van der Waals surface area contributed by atoms with Gasteiger partial charge >= 0.3 is 7.12 Å². The highest BCUT2D eigenvalue weighted by atomic mass is 19.1. The van der Waals surface area contributed by atoms with Gasteiger partial charge in [-0.3, -0.25) is 0 Å². The summed E-state index contributed by atoms with van der Waals surface area (Å²) in [4.78, 5) is 0. The third-order valence-electron chi connectivity index (χ3n) is 1.40. The predicted molar refractivity (Wildman–Crippen MR) is 40.6 cm³/mol. The lowest BCUT2D eigenvalue weighted by atomic mass is 9.79. The maximum absolute atomic E-state index is 12.6. The quantitative estimate of drug-likeness (QED) is 0.385. The Morgan fingerprint density at radius 3 is 2.33 bits per heavy atom. The molecule has 0 aliphatic rings. The van der Waals surface area contributed by atoms with Gasteiger partial charge in [0, 0.05) is 11.5 Å². The van der Waals surface area contributed by atoms with Gasteiger partial charge in [0.15, 0.2) is 0 Å². The van der Waals surface area contributed by atoms with Crippen LogP contribution in [0.2, 0.25) is 0 Å². The Balaban J connectivity index is 3.28. The molecular formula is C6H6BF2NO2. The molecule has 0 atom stereocenters. The molecule has 0 fully saturated rings. The highest BCUT2D eigenvalue weighted by Crippen LogP contribution is 2.08. The summed E-state index contributed by atoms with van der Waals surface area (Å²) >= 11 is 0. The normalized spacial score (nSPS) is 10.0. The second-order valence-electron chi connectivity index (χ2n) is 2.26. The van der Waals surface area contributed by atoms with Crippen molar-refractivity contribution in [3.05, 3.63) is 23.8 Å². The van der Waals surface area contributed by atoms with E-state index in [0.717, 1.165) is 6.07 Å². The van der Waals surface area contributed by atoms with E-state index >= 15 is 0 Å². The largest absolute Gasteiger partial charge is 0.490 e. The smallest absolute Gasteiger partial charge is 0.423 e. The SMILES string of the molecule is Nc1c(F)cc(F)cc1B(O)O. The van der Waals surface area contributed by atoms with E-state index in [0.29, 0.717) is 6.07 Å². The number of rotatable bonds is 1. The Morgan fingerprint density at radius 2 is 1.83 bits per heavy atom. The van der Waals surface area contributed by atoms with E-state index in [9.17, 15) is 8.78 Å². The minimum atomic E-state index is -1.96. The van der Waals surface area contributed by atoms with Crippen LogP contribution in [0.4, 0.5) is 14.5 Å². The van der Waals surface area contributed by atoms with Crippen molar-refractivity contribution in [2.75, 3.05) is 5.73 Å². The Hall–Kier alpha value is -1.14. The van der Waals surface area contributed by atoms with Gasteiger partial charge in [-0.15, -0.1) is 0 Å². The fourth-order valence-corrected chi connectivity index (χ4v) is 0.818. The van der Waals surface area contributed by atoms with Crippen molar-refractivity contribution in [1.29, 1.82) is 0 Å². The standard InChI is InChI=1S/C6H6BF2NO2/c8-3-1-4(7(11)12)6(10)5(9)2-3/h1-2,11-12H,10H2. The molecular weight excluding hydrogens is 167 g/mol. The second kappa shape index (κ2) is 3.08. The van der Waals surface area contributed by atoms with E-state index in [-0.39, 0.29) is 5.46 Å². The summed E-state index contributed by atoms with van der Waals surface area (Å²) in [6, 6.07) is 1.34. The number of nitrogens with two attached hydrogens (primary N) is 1. The number of benzene rings is 1. The first kappa shape index (κ1) is 8.96. The molecule has 12 heavy (non-hydrogen) atoms. The van der Waals surface area contributed by atoms with Crippen LogP contribution in [0.15, 0.2) is 12.1 Å². The molecule has 0 amide bonds. The maximum atomic E-state index is 12.6. The van der Waals surface area contributed by atoms with E-state index in [2.05, 4.69) is 0 Å². The average Bonchev–Trinajstić information content (AvgIpc) is 1.96. The summed E-state index contributed by atoms with van der Waals surface area (Å²) in [7, 11) is -1.96. The molecule has 1 rings (SSSR count). The first-order valence-electron chi connectivity index (χ1n) is 3.13. The molecule has 0 saturated heterocycles. The van der Waals surface area contributed by atoms with E-state index in [4.69, 9.17) is 15.8 Å². The Kier molecular flexibility index (Phi) is 2.30. The molecule has 0 heterocycles. The predicted octanol–water partition coefficient (Wildman–Crippen LogP) is -0.773. The first-order chi connectivity index (χ1) is 5.52. The summed E-state index contributed by atoms with van der Waals surface area (Å²) in [5.74, 6) is -1.90. The minimum absolute atomic E-state index is 0.368. The molecule has 0 aliphatic carbocycles. The third kappa shape index (κ3) is 1.54. The zero-order valence-corrected chi connectivity index (χ0v) is 5.96. The van der Waals surface area contributed by atoms with Gasteiger partial charge in [-0.05, 0) is 6.07 Å². The highest BCUT2D eigenvalue weighted by molar-refractivity contribution is 6.60. The average molecular weight is 173 g/mol. The van der Waals surface area contributed by atoms with Crippen LogP contribution < -0.4 is 11.2 Å². The van der Waals surface area contributed by atoms with E-state index in [1.165, 1.54) is 0 Å². The zero-order valence-electron chi connectivity index (χ0n) is 5.96. The fraction of sp³-hybridized carbons (Fsp3) is 0. The highest BCUT2D eigenvalue weighted by Gasteiger charge is 2.18. The summed E-state index contributed by atoms with van der Waals surface area (Å²) in [5, 5.41) is 17.2. The lowest BCUT2D eigenvalue weighted by molar-refractivity contribution is 0.425. The van der Waals surface area contributed by atoms with Gasteiger partial charge in [-0.2, -0.15) is 0 Å². The van der Waals surface area contributed by atoms with E-state index in [1.807, 2.05) is 0 Å². The van der Waals surface area contributed by atoms with Crippen LogP contribution >= 0.6 is 0 Å². The number of nitrogen functional groups attached to an aromatic ring is 1. The molecule has 0 unspecified atom stereocenters. The summed E-state index contributed by atoms with van der Waals surface area (Å²) in [5.41, 5.74) is 4.27. The Morgan fingerprint density at radius 1 is 1.25 bits per heavy atom. The summed E-state index contributed by atoms with van der Waals surface area (Å²) in [6.45, 7) is 0. The van der Waals surface area contributed by atoms with Gasteiger partial charge in [0.2, 0.25) is 0 Å². The fourth-order valence-electron chi connectivity index (χ4n) is 0.818. The Bertz CT molecular complexity index is 306. The number of hydrogen-bond acceptors (Lipinski definition) is 3. The first-order valence-corrected chi connectivity index (χ1v) is 3.13. The molecule has 0 radical (unpaired) electrons. The molecule has 64 valence electrons. The van der Waals surface area contributed by atoms with Crippen LogP contribution in [0, 0.1) is 11.6 Å². The molecule has 0 bridgehead atoms. The van der Waals surface area contributed by atoms with Crippen molar-refractivity contribution in [3.63, 3.8) is 0 Å². The van der Waals surface area contributed by atoms with E-state index < -0.39 is 24.4 Å². The number of halogens is 2.